The molecular formula is C26H24N2O3. The summed E-state index contributed by atoms with van der Waals surface area (Å²) in [6.07, 6.45) is 2.67. The molecule has 1 aliphatic rings. The van der Waals surface area contributed by atoms with Crippen LogP contribution in [-0.2, 0) is 14.3 Å². The van der Waals surface area contributed by atoms with E-state index in [2.05, 4.69) is 16.4 Å². The third kappa shape index (κ3) is 3.75. The topological polar surface area (TPSA) is 68.3 Å². The highest BCUT2D eigenvalue weighted by Crippen LogP contribution is 2.41. The second-order valence-electron chi connectivity index (χ2n) is 7.52. The third-order valence-corrected chi connectivity index (χ3v) is 5.61. The van der Waals surface area contributed by atoms with Gasteiger partial charge in [0.05, 0.1) is 17.7 Å². The Morgan fingerprint density at radius 1 is 1.06 bits per heavy atom. The van der Waals surface area contributed by atoms with Crippen molar-refractivity contribution in [3.05, 3.63) is 88.9 Å². The lowest BCUT2D eigenvalue weighted by atomic mass is 9.79. The van der Waals surface area contributed by atoms with Crippen LogP contribution in [0.4, 0.5) is 0 Å². The number of hydrogen-bond donors (Lipinski definition) is 1. The SMILES string of the molecule is CCOC(=O)C1=C(C)NC(C)=C(C=O)C1c1cccc2ncc(-c3ccccc3)cc12. The molecule has 1 N–H and O–H groups in total. The Morgan fingerprint density at radius 2 is 1.84 bits per heavy atom. The minimum absolute atomic E-state index is 0.261. The number of nitrogens with one attached hydrogen (secondary N) is 1. The number of hydrogen-bond acceptors (Lipinski definition) is 5. The number of carbonyl (C=O) groups is 2. The van der Waals surface area contributed by atoms with Crippen LogP contribution in [0.3, 0.4) is 0 Å². The number of esters is 1. The average molecular weight is 412 g/mol. The van der Waals surface area contributed by atoms with Crippen molar-refractivity contribution in [1.82, 2.24) is 10.3 Å². The Kier molecular flexibility index (Phi) is 5.67. The maximum atomic E-state index is 12.9. The van der Waals surface area contributed by atoms with E-state index >= 15 is 0 Å². The standard InChI is InChI=1S/C26H24N2O3/c1-4-31-26(30)24-17(3)28-16(2)22(15-29)25(24)20-11-8-12-23-21(20)13-19(14-27-23)18-9-6-5-7-10-18/h5-15,25,28H,4H2,1-3H3. The quantitative estimate of drug-likeness (QED) is 0.477. The Morgan fingerprint density at radius 3 is 2.55 bits per heavy atom. The van der Waals surface area contributed by atoms with Crippen LogP contribution < -0.4 is 5.32 Å². The van der Waals surface area contributed by atoms with Crippen molar-refractivity contribution < 1.29 is 14.3 Å². The van der Waals surface area contributed by atoms with Crippen LogP contribution >= 0.6 is 0 Å². The number of allylic oxidation sites excluding steroid dienone is 3. The molecule has 0 radical (unpaired) electrons. The largest absolute Gasteiger partial charge is 0.463 e. The number of nitrogens with zero attached hydrogens (tertiary/aromatic N) is 1. The molecule has 3 aromatic rings. The molecule has 1 aliphatic heterocycles. The first-order chi connectivity index (χ1) is 15.0. The summed E-state index contributed by atoms with van der Waals surface area (Å²) < 4.78 is 5.35. The Bertz CT molecular complexity index is 1230. The Balaban J connectivity index is 1.96. The number of benzene rings is 2. The van der Waals surface area contributed by atoms with Crippen molar-refractivity contribution in [3.8, 4) is 11.1 Å². The van der Waals surface area contributed by atoms with E-state index in [4.69, 9.17) is 4.74 Å². The predicted octanol–water partition coefficient (Wildman–Crippen LogP) is 4.90. The average Bonchev–Trinajstić information content (AvgIpc) is 2.78. The minimum atomic E-state index is -0.533. The molecule has 4 rings (SSSR count). The second kappa shape index (κ2) is 8.56. The molecule has 5 nitrogen and oxygen atoms in total. The second-order valence-corrected chi connectivity index (χ2v) is 7.52. The molecule has 156 valence electrons. The zero-order chi connectivity index (χ0) is 22.0. The van der Waals surface area contributed by atoms with Crippen molar-refractivity contribution in [1.29, 1.82) is 0 Å². The summed E-state index contributed by atoms with van der Waals surface area (Å²) in [6.45, 7) is 5.72. The van der Waals surface area contributed by atoms with Crippen molar-refractivity contribution >= 4 is 23.2 Å². The van der Waals surface area contributed by atoms with Crippen LogP contribution in [0.5, 0.6) is 0 Å². The maximum Gasteiger partial charge on any atom is 0.336 e. The number of aldehydes is 1. The first-order valence-corrected chi connectivity index (χ1v) is 10.3. The zero-order valence-electron chi connectivity index (χ0n) is 17.8. The van der Waals surface area contributed by atoms with E-state index in [-0.39, 0.29) is 6.61 Å². The molecule has 0 saturated carbocycles. The van der Waals surface area contributed by atoms with Gasteiger partial charge >= 0.3 is 5.97 Å². The number of pyridine rings is 1. The highest BCUT2D eigenvalue weighted by atomic mass is 16.5. The fraction of sp³-hybridized carbons (Fsp3) is 0.192. The van der Waals surface area contributed by atoms with Gasteiger partial charge in [0.15, 0.2) is 0 Å². The molecule has 0 aliphatic carbocycles. The van der Waals surface area contributed by atoms with Crippen molar-refractivity contribution in [3.63, 3.8) is 0 Å². The van der Waals surface area contributed by atoms with Crippen molar-refractivity contribution in [2.75, 3.05) is 6.61 Å². The maximum absolute atomic E-state index is 12.9. The molecular weight excluding hydrogens is 388 g/mol. The molecule has 1 aromatic heterocycles. The normalized spacial score (nSPS) is 16.3. The van der Waals surface area contributed by atoms with Gasteiger partial charge in [0, 0.05) is 40.0 Å². The minimum Gasteiger partial charge on any atom is -0.463 e. The number of aromatic nitrogens is 1. The number of fused-ring (bicyclic) bond motifs is 1. The van der Waals surface area contributed by atoms with Crippen molar-refractivity contribution in [2.45, 2.75) is 26.7 Å². The van der Waals surface area contributed by atoms with E-state index in [9.17, 15) is 9.59 Å². The summed E-state index contributed by atoms with van der Waals surface area (Å²) in [7, 11) is 0. The summed E-state index contributed by atoms with van der Waals surface area (Å²) in [5, 5.41) is 4.07. The molecule has 0 bridgehead atoms. The lowest BCUT2D eigenvalue weighted by molar-refractivity contribution is -0.138. The number of ether oxygens (including phenoxy) is 1. The summed E-state index contributed by atoms with van der Waals surface area (Å²) in [5.41, 5.74) is 6.08. The fourth-order valence-electron chi connectivity index (χ4n) is 4.18. The number of carbonyl (C=O) groups excluding carboxylic acids is 2. The van der Waals surface area contributed by atoms with E-state index in [1.807, 2.05) is 68.6 Å². The van der Waals surface area contributed by atoms with Crippen LogP contribution in [-0.4, -0.2) is 23.8 Å². The van der Waals surface area contributed by atoms with Gasteiger partial charge in [-0.05, 0) is 44.0 Å². The number of dihydropyridines is 1. The lowest BCUT2D eigenvalue weighted by Gasteiger charge is -2.30. The van der Waals surface area contributed by atoms with Gasteiger partial charge < -0.3 is 10.1 Å². The summed E-state index contributed by atoms with van der Waals surface area (Å²) in [6, 6.07) is 17.9. The summed E-state index contributed by atoms with van der Waals surface area (Å²) >= 11 is 0. The summed E-state index contributed by atoms with van der Waals surface area (Å²) in [5.74, 6) is -0.956. The van der Waals surface area contributed by atoms with Crippen LogP contribution in [0.2, 0.25) is 0 Å². The molecule has 1 atom stereocenters. The van der Waals surface area contributed by atoms with Gasteiger partial charge in [0.25, 0.3) is 0 Å². The first kappa shape index (κ1) is 20.5. The van der Waals surface area contributed by atoms with E-state index in [1.165, 1.54) is 0 Å². The van der Waals surface area contributed by atoms with E-state index in [0.29, 0.717) is 16.8 Å². The molecule has 0 fully saturated rings. The van der Waals surface area contributed by atoms with Gasteiger partial charge in [0.2, 0.25) is 0 Å². The molecule has 2 heterocycles. The Labute approximate surface area is 181 Å². The molecule has 31 heavy (non-hydrogen) atoms. The molecule has 5 heteroatoms. The van der Waals surface area contributed by atoms with E-state index < -0.39 is 11.9 Å². The zero-order valence-corrected chi connectivity index (χ0v) is 17.8. The molecule has 0 saturated heterocycles. The monoisotopic (exact) mass is 412 g/mol. The molecule has 2 aromatic carbocycles. The Hall–Kier alpha value is -3.73. The van der Waals surface area contributed by atoms with Gasteiger partial charge in [0.1, 0.15) is 6.29 Å². The first-order valence-electron chi connectivity index (χ1n) is 10.3. The lowest BCUT2D eigenvalue weighted by Crippen LogP contribution is -2.29. The molecule has 1 unspecified atom stereocenters. The van der Waals surface area contributed by atoms with Gasteiger partial charge in [-0.15, -0.1) is 0 Å². The van der Waals surface area contributed by atoms with Crippen LogP contribution in [0.25, 0.3) is 22.0 Å². The third-order valence-electron chi connectivity index (χ3n) is 5.61. The van der Waals surface area contributed by atoms with Crippen molar-refractivity contribution in [2.24, 2.45) is 0 Å². The van der Waals surface area contributed by atoms with Gasteiger partial charge in [-0.25, -0.2) is 4.79 Å². The van der Waals surface area contributed by atoms with Gasteiger partial charge in [-0.3, -0.25) is 9.78 Å². The predicted molar refractivity (Wildman–Crippen MR) is 121 cm³/mol. The highest BCUT2D eigenvalue weighted by molar-refractivity contribution is 5.98. The smallest absolute Gasteiger partial charge is 0.336 e. The molecule has 0 spiro atoms. The van der Waals surface area contributed by atoms with E-state index in [1.54, 1.807) is 6.92 Å². The van der Waals surface area contributed by atoms with Crippen LogP contribution in [0.15, 0.2) is 83.3 Å². The van der Waals surface area contributed by atoms with Gasteiger partial charge in [-0.2, -0.15) is 0 Å². The fourth-order valence-corrected chi connectivity index (χ4v) is 4.18. The number of rotatable bonds is 5. The van der Waals surface area contributed by atoms with E-state index in [0.717, 1.165) is 39.6 Å². The molecule has 0 amide bonds. The summed E-state index contributed by atoms with van der Waals surface area (Å²) in [4.78, 5) is 29.7. The highest BCUT2D eigenvalue weighted by Gasteiger charge is 2.34. The van der Waals surface area contributed by atoms with Crippen LogP contribution in [0, 0.1) is 0 Å². The van der Waals surface area contributed by atoms with Gasteiger partial charge in [-0.1, -0.05) is 42.5 Å². The van der Waals surface area contributed by atoms with Crippen LogP contribution in [0.1, 0.15) is 32.3 Å².